The lowest BCUT2D eigenvalue weighted by molar-refractivity contribution is -0.132. The molecular weight excluding hydrogens is 511 g/mol. The Bertz CT molecular complexity index is 1150. The number of hydrogen-bond acceptors (Lipinski definition) is 4. The molecule has 38 heavy (non-hydrogen) atoms. The molecule has 1 aromatic heterocycles. The Hall–Kier alpha value is -3.54. The number of nitrogens with one attached hydrogen (secondary N) is 2. The van der Waals surface area contributed by atoms with Gasteiger partial charge >= 0.3 is 11.9 Å². The molecule has 0 aliphatic carbocycles. The first-order valence-corrected chi connectivity index (χ1v) is 11.9. The number of benzene rings is 1. The van der Waals surface area contributed by atoms with Crippen LogP contribution in [0.25, 0.3) is 0 Å². The number of alkyl halides is 4. The number of nitrogens with zero attached hydrogens (tertiary/aromatic N) is 2. The number of carbonyl (C=O) groups excluding carboxylic acids is 1. The summed E-state index contributed by atoms with van der Waals surface area (Å²) in [5.74, 6) is -5.94. The van der Waals surface area contributed by atoms with Crippen molar-refractivity contribution in [2.45, 2.75) is 46.3 Å². The molecule has 1 amide bonds. The molecule has 0 bridgehead atoms. The second-order valence-electron chi connectivity index (χ2n) is 8.11. The summed E-state index contributed by atoms with van der Waals surface area (Å²) in [7, 11) is 1.29. The van der Waals surface area contributed by atoms with E-state index in [0.717, 1.165) is 22.4 Å². The zero-order chi connectivity index (χ0) is 29.0. The van der Waals surface area contributed by atoms with Crippen molar-refractivity contribution in [2.75, 3.05) is 13.2 Å². The third-order valence-electron chi connectivity index (χ3n) is 5.36. The van der Waals surface area contributed by atoms with Crippen LogP contribution in [0.15, 0.2) is 48.1 Å². The Morgan fingerprint density at radius 3 is 2.47 bits per heavy atom. The number of amides is 1. The Labute approximate surface area is 218 Å². The number of allylic oxidation sites excluding steroid dienone is 1. The lowest BCUT2D eigenvalue weighted by Crippen LogP contribution is -2.30. The van der Waals surface area contributed by atoms with E-state index in [2.05, 4.69) is 10.4 Å². The predicted octanol–water partition coefficient (Wildman–Crippen LogP) is 5.49. The van der Waals surface area contributed by atoms with Crippen LogP contribution in [0.2, 0.25) is 0 Å². The van der Waals surface area contributed by atoms with Crippen LogP contribution in [0.1, 0.15) is 66.9 Å². The highest BCUT2D eigenvalue weighted by Gasteiger charge is 2.32. The number of rotatable bonds is 12. The van der Waals surface area contributed by atoms with E-state index in [1.807, 2.05) is 13.8 Å². The van der Waals surface area contributed by atoms with Crippen molar-refractivity contribution < 1.29 is 36.7 Å². The summed E-state index contributed by atoms with van der Waals surface area (Å²) in [5, 5.41) is 15.7. The Morgan fingerprint density at radius 1 is 1.26 bits per heavy atom. The molecule has 0 spiro atoms. The first-order valence-electron chi connectivity index (χ1n) is 11.9. The second kappa shape index (κ2) is 15.0. The van der Waals surface area contributed by atoms with E-state index in [1.165, 1.54) is 31.3 Å². The first kappa shape index (κ1) is 32.5. The standard InChI is InChI=1S/C24H27F5N4O3.C2H6/c1-4-16(23(35)36)9-8-14(2)12-30-22(34)19-18(32-33(3)20(19)21(26)31-29)11-15-6-5-7-17(10-15)24(27,28)13-25;1-2/h4-10,14,21,31H,11-13H2,1-3H3,(H,30,34)(H,35,36);1-2H3/b9-8-,16-4+;. The highest BCUT2D eigenvalue weighted by atomic mass is 19.3. The number of aliphatic carboxylic acids is 1. The molecule has 1 heterocycles. The molecule has 2 aromatic rings. The van der Waals surface area contributed by atoms with Crippen LogP contribution < -0.4 is 10.9 Å². The number of aromatic nitrogens is 2. The molecule has 2 unspecified atom stereocenters. The SMILES string of the molecule is C/C=C(\C=C/C(C)CNC(=O)c1c(Cc2cccc(C(F)(F)CF)c2)nn(C)c1C(F)NF)C(=O)O.CC. The molecule has 0 fully saturated rings. The average molecular weight is 545 g/mol. The van der Waals surface area contributed by atoms with Crippen molar-refractivity contribution in [1.29, 1.82) is 0 Å². The van der Waals surface area contributed by atoms with E-state index in [4.69, 9.17) is 5.11 Å². The highest BCUT2D eigenvalue weighted by molar-refractivity contribution is 5.96. The van der Waals surface area contributed by atoms with Crippen LogP contribution in [-0.2, 0) is 24.2 Å². The average Bonchev–Trinajstić information content (AvgIpc) is 3.23. The zero-order valence-electron chi connectivity index (χ0n) is 21.9. The summed E-state index contributed by atoms with van der Waals surface area (Å²) in [6.45, 7) is 5.40. The van der Waals surface area contributed by atoms with Crippen LogP contribution in [-0.4, -0.2) is 40.0 Å². The molecule has 2 atom stereocenters. The van der Waals surface area contributed by atoms with Crippen LogP contribution >= 0.6 is 0 Å². The van der Waals surface area contributed by atoms with Gasteiger partial charge in [-0.25, -0.2) is 13.6 Å². The maximum Gasteiger partial charge on any atom is 0.335 e. The van der Waals surface area contributed by atoms with Crippen molar-refractivity contribution in [3.05, 3.63) is 76.1 Å². The number of halogens is 5. The molecular formula is C26H33F5N4O3. The summed E-state index contributed by atoms with van der Waals surface area (Å²) in [6.07, 6.45) is 1.76. The number of aryl methyl sites for hydroxylation is 1. The van der Waals surface area contributed by atoms with E-state index in [0.29, 0.717) is 0 Å². The largest absolute Gasteiger partial charge is 0.478 e. The lowest BCUT2D eigenvalue weighted by Gasteiger charge is -2.14. The van der Waals surface area contributed by atoms with E-state index < -0.39 is 42.0 Å². The number of carbonyl (C=O) groups is 2. The van der Waals surface area contributed by atoms with Crippen molar-refractivity contribution in [2.24, 2.45) is 13.0 Å². The third kappa shape index (κ3) is 8.51. The molecule has 210 valence electrons. The molecule has 0 aliphatic rings. The number of carboxylic acids is 1. The molecule has 0 saturated carbocycles. The van der Waals surface area contributed by atoms with Crippen LogP contribution in [0.4, 0.5) is 22.0 Å². The fraction of sp³-hybridized carbons (Fsp3) is 0.423. The maximum absolute atomic E-state index is 14.3. The molecule has 0 aliphatic heterocycles. The smallest absolute Gasteiger partial charge is 0.335 e. The molecule has 0 radical (unpaired) electrons. The lowest BCUT2D eigenvalue weighted by atomic mass is 10.00. The van der Waals surface area contributed by atoms with Gasteiger partial charge in [-0.3, -0.25) is 9.48 Å². The Morgan fingerprint density at radius 2 is 1.92 bits per heavy atom. The van der Waals surface area contributed by atoms with Crippen molar-refractivity contribution in [3.63, 3.8) is 0 Å². The minimum Gasteiger partial charge on any atom is -0.478 e. The normalized spacial score (nSPS) is 13.6. The number of carboxylic acid groups (broad SMARTS) is 1. The third-order valence-corrected chi connectivity index (χ3v) is 5.36. The summed E-state index contributed by atoms with van der Waals surface area (Å²) in [5.41, 5.74) is -0.0379. The van der Waals surface area contributed by atoms with Gasteiger partial charge in [-0.1, -0.05) is 57.2 Å². The van der Waals surface area contributed by atoms with Crippen LogP contribution in [0.5, 0.6) is 0 Å². The monoisotopic (exact) mass is 544 g/mol. The van der Waals surface area contributed by atoms with E-state index >= 15 is 0 Å². The maximum atomic E-state index is 14.3. The number of hydrogen-bond donors (Lipinski definition) is 3. The van der Waals surface area contributed by atoms with Gasteiger partial charge in [0.1, 0.15) is 5.69 Å². The molecule has 3 N–H and O–H groups in total. The Kier molecular flexibility index (Phi) is 12.8. The highest BCUT2D eigenvalue weighted by Crippen LogP contribution is 2.30. The molecule has 1 aromatic carbocycles. The van der Waals surface area contributed by atoms with E-state index in [-0.39, 0.29) is 41.3 Å². The minimum atomic E-state index is -3.70. The molecule has 7 nitrogen and oxygen atoms in total. The quantitative estimate of drug-likeness (QED) is 0.108. The summed E-state index contributed by atoms with van der Waals surface area (Å²) >= 11 is 0. The Balaban J connectivity index is 0.00000352. The van der Waals surface area contributed by atoms with Gasteiger partial charge < -0.3 is 10.4 Å². The second-order valence-corrected chi connectivity index (χ2v) is 8.11. The van der Waals surface area contributed by atoms with Gasteiger partial charge in [0.15, 0.2) is 6.67 Å². The fourth-order valence-electron chi connectivity index (χ4n) is 3.46. The van der Waals surface area contributed by atoms with Gasteiger partial charge in [-0.2, -0.15) is 13.9 Å². The van der Waals surface area contributed by atoms with E-state index in [1.54, 1.807) is 19.9 Å². The summed E-state index contributed by atoms with van der Waals surface area (Å²) < 4.78 is 68.6. The fourth-order valence-corrected chi connectivity index (χ4v) is 3.46. The van der Waals surface area contributed by atoms with Crippen LogP contribution in [0, 0.1) is 5.92 Å². The van der Waals surface area contributed by atoms with Gasteiger partial charge in [-0.05, 0) is 24.5 Å². The van der Waals surface area contributed by atoms with Gasteiger partial charge in [0, 0.05) is 25.6 Å². The zero-order valence-corrected chi connectivity index (χ0v) is 21.9. The molecule has 12 heteroatoms. The summed E-state index contributed by atoms with van der Waals surface area (Å²) in [4.78, 5) is 24.1. The molecule has 2 rings (SSSR count). The first-order chi connectivity index (χ1) is 17.9. The van der Waals surface area contributed by atoms with E-state index in [9.17, 15) is 31.6 Å². The van der Waals surface area contributed by atoms with Gasteiger partial charge in [0.25, 0.3) is 5.91 Å². The van der Waals surface area contributed by atoms with Gasteiger partial charge in [0.05, 0.1) is 16.8 Å². The van der Waals surface area contributed by atoms with Gasteiger partial charge in [0.2, 0.25) is 6.30 Å². The minimum absolute atomic E-state index is 0.00566. The van der Waals surface area contributed by atoms with Crippen LogP contribution in [0.3, 0.4) is 0 Å². The van der Waals surface area contributed by atoms with Crippen molar-refractivity contribution in [1.82, 2.24) is 20.6 Å². The predicted molar refractivity (Wildman–Crippen MR) is 134 cm³/mol. The topological polar surface area (TPSA) is 96.3 Å². The summed E-state index contributed by atoms with van der Waals surface area (Å²) in [6, 6.07) is 4.87. The van der Waals surface area contributed by atoms with Crippen molar-refractivity contribution in [3.8, 4) is 0 Å². The molecule has 0 saturated heterocycles. The van der Waals surface area contributed by atoms with Gasteiger partial charge in [-0.15, -0.1) is 10.0 Å². The van der Waals surface area contributed by atoms with Crippen molar-refractivity contribution >= 4 is 11.9 Å².